The molecular formula is C6H3N3O7Y. The van der Waals surface area contributed by atoms with Gasteiger partial charge in [-0.25, -0.2) is 0 Å². The minimum Gasteiger partial charge on any atom is -0.497 e. The van der Waals surface area contributed by atoms with Crippen LogP contribution in [0.5, 0.6) is 5.75 Å². The smallest absolute Gasteiger partial charge is 0.324 e. The second-order valence-electron chi connectivity index (χ2n) is 2.60. The molecule has 11 heteroatoms. The van der Waals surface area contributed by atoms with E-state index >= 15 is 0 Å². The predicted molar refractivity (Wildman–Crippen MR) is 48.1 cm³/mol. The Kier molecular flexibility index (Phi) is 5.04. The van der Waals surface area contributed by atoms with E-state index in [2.05, 4.69) is 0 Å². The average Bonchev–Trinajstić information content (AvgIpc) is 2.16. The second-order valence-corrected chi connectivity index (χ2v) is 2.60. The fraction of sp³-hybridized carbons (Fsp3) is 0. The van der Waals surface area contributed by atoms with E-state index in [0.717, 1.165) is 0 Å². The average molecular weight is 318 g/mol. The number of hydrogen-bond donors (Lipinski definition) is 1. The van der Waals surface area contributed by atoms with Gasteiger partial charge < -0.3 is 5.11 Å². The van der Waals surface area contributed by atoms with Crippen LogP contribution in [0.3, 0.4) is 0 Å². The first kappa shape index (κ1) is 15.3. The van der Waals surface area contributed by atoms with E-state index in [1.807, 2.05) is 0 Å². The standard InChI is InChI=1S/C6H3N3O7.Y/c10-6-4(8(13)14)1-3(7(11)12)2-5(6)9(15)16;/h1-2,10H;. The number of nitro groups is 3. The van der Waals surface area contributed by atoms with Crippen LogP contribution in [0.4, 0.5) is 17.1 Å². The maximum atomic E-state index is 10.4. The number of phenolic OH excluding ortho intramolecular Hbond substituents is 1. The molecule has 0 aromatic heterocycles. The molecule has 0 fully saturated rings. The van der Waals surface area contributed by atoms with Gasteiger partial charge >= 0.3 is 11.4 Å². The van der Waals surface area contributed by atoms with Crippen molar-refractivity contribution in [2.75, 3.05) is 0 Å². The van der Waals surface area contributed by atoms with Crippen molar-refractivity contribution >= 4 is 17.1 Å². The molecule has 0 amide bonds. The number of non-ortho nitro benzene ring substituents is 1. The molecule has 1 aromatic rings. The fourth-order valence-electron chi connectivity index (χ4n) is 0.974. The van der Waals surface area contributed by atoms with Crippen LogP contribution in [0.1, 0.15) is 0 Å². The first-order valence-corrected chi connectivity index (χ1v) is 3.64. The minimum atomic E-state index is -1.21. The number of aromatic hydroxyl groups is 1. The zero-order valence-corrected chi connectivity index (χ0v) is 10.8. The fourth-order valence-corrected chi connectivity index (χ4v) is 0.974. The van der Waals surface area contributed by atoms with Crippen LogP contribution in [0.2, 0.25) is 0 Å². The number of nitro benzene ring substituents is 3. The molecule has 1 radical (unpaired) electrons. The zero-order chi connectivity index (χ0) is 12.5. The molecule has 0 spiro atoms. The van der Waals surface area contributed by atoms with Crippen molar-refractivity contribution in [1.82, 2.24) is 0 Å². The Morgan fingerprint density at radius 2 is 1.24 bits per heavy atom. The normalized spacial score (nSPS) is 9.18. The summed E-state index contributed by atoms with van der Waals surface area (Å²) in [4.78, 5) is 27.8. The zero-order valence-electron chi connectivity index (χ0n) is 7.97. The molecule has 0 heterocycles. The molecule has 10 nitrogen and oxygen atoms in total. The van der Waals surface area contributed by atoms with Gasteiger partial charge in [-0.05, 0) is 0 Å². The van der Waals surface area contributed by atoms with Gasteiger partial charge in [0.1, 0.15) is 0 Å². The summed E-state index contributed by atoms with van der Waals surface area (Å²) in [5, 5.41) is 40.2. The Bertz CT molecular complexity index is 467. The number of rotatable bonds is 3. The topological polar surface area (TPSA) is 150 Å². The van der Waals surface area contributed by atoms with E-state index in [1.54, 1.807) is 0 Å². The first-order chi connectivity index (χ1) is 7.34. The SMILES string of the molecule is O=[N+]([O-])c1cc([N+](=O)[O-])c(O)c([N+](=O)[O-])c1.[Y]. The van der Waals surface area contributed by atoms with Crippen LogP contribution in [0.15, 0.2) is 12.1 Å². The van der Waals surface area contributed by atoms with Gasteiger partial charge in [0.2, 0.25) is 0 Å². The van der Waals surface area contributed by atoms with Crippen molar-refractivity contribution in [2.24, 2.45) is 0 Å². The van der Waals surface area contributed by atoms with E-state index in [-0.39, 0.29) is 32.7 Å². The first-order valence-electron chi connectivity index (χ1n) is 3.64. The number of nitrogens with zero attached hydrogens (tertiary/aromatic N) is 3. The van der Waals surface area contributed by atoms with Crippen molar-refractivity contribution in [3.05, 3.63) is 42.5 Å². The third kappa shape index (κ3) is 3.14. The van der Waals surface area contributed by atoms with Crippen LogP contribution in [-0.2, 0) is 32.7 Å². The van der Waals surface area contributed by atoms with Crippen molar-refractivity contribution in [3.63, 3.8) is 0 Å². The maximum Gasteiger partial charge on any atom is 0.324 e. The molecule has 0 aliphatic rings. The summed E-state index contributed by atoms with van der Waals surface area (Å²) >= 11 is 0. The Labute approximate surface area is 118 Å². The second kappa shape index (κ2) is 5.59. The van der Waals surface area contributed by atoms with Crippen molar-refractivity contribution in [3.8, 4) is 5.75 Å². The van der Waals surface area contributed by atoms with Crippen LogP contribution >= 0.6 is 0 Å². The molecular weight excluding hydrogens is 315 g/mol. The molecule has 17 heavy (non-hydrogen) atoms. The Balaban J connectivity index is 0.00000256. The Morgan fingerprint density at radius 3 is 1.47 bits per heavy atom. The minimum absolute atomic E-state index is 0. The van der Waals surface area contributed by atoms with Gasteiger partial charge in [0.25, 0.3) is 11.4 Å². The van der Waals surface area contributed by atoms with Gasteiger partial charge in [-0.2, -0.15) is 0 Å². The molecule has 0 saturated heterocycles. The third-order valence-corrected chi connectivity index (χ3v) is 1.66. The van der Waals surface area contributed by atoms with E-state index in [4.69, 9.17) is 5.11 Å². The molecule has 0 unspecified atom stereocenters. The summed E-state index contributed by atoms with van der Waals surface area (Å²) in [6.45, 7) is 0. The van der Waals surface area contributed by atoms with E-state index in [9.17, 15) is 30.3 Å². The van der Waals surface area contributed by atoms with Gasteiger partial charge in [-0.1, -0.05) is 0 Å². The van der Waals surface area contributed by atoms with Gasteiger partial charge in [0.15, 0.2) is 0 Å². The van der Waals surface area contributed by atoms with Crippen molar-refractivity contribution in [1.29, 1.82) is 0 Å². The van der Waals surface area contributed by atoms with E-state index in [1.165, 1.54) is 0 Å². The van der Waals surface area contributed by atoms with Gasteiger partial charge in [-0.3, -0.25) is 30.3 Å². The monoisotopic (exact) mass is 318 g/mol. The molecule has 0 atom stereocenters. The molecule has 0 saturated carbocycles. The maximum absolute atomic E-state index is 10.4. The summed E-state index contributed by atoms with van der Waals surface area (Å²) in [6.07, 6.45) is 0. The van der Waals surface area contributed by atoms with E-state index in [0.29, 0.717) is 12.1 Å². The van der Waals surface area contributed by atoms with Crippen LogP contribution in [-0.4, -0.2) is 19.9 Å². The molecule has 0 aliphatic heterocycles. The number of benzene rings is 1. The van der Waals surface area contributed by atoms with Crippen LogP contribution < -0.4 is 0 Å². The summed E-state index contributed by atoms with van der Waals surface area (Å²) in [5.41, 5.74) is -3.00. The van der Waals surface area contributed by atoms with Crippen LogP contribution in [0.25, 0.3) is 0 Å². The van der Waals surface area contributed by atoms with Crippen LogP contribution in [0, 0.1) is 30.3 Å². The third-order valence-electron chi connectivity index (χ3n) is 1.66. The van der Waals surface area contributed by atoms with Crippen molar-refractivity contribution in [2.45, 2.75) is 0 Å². The molecule has 1 rings (SSSR count). The Hall–Kier alpha value is -1.68. The molecule has 1 N–H and O–H groups in total. The predicted octanol–water partition coefficient (Wildman–Crippen LogP) is 1.11. The summed E-state index contributed by atoms with van der Waals surface area (Å²) in [6, 6.07) is 0.894. The summed E-state index contributed by atoms with van der Waals surface area (Å²) < 4.78 is 0. The largest absolute Gasteiger partial charge is 0.497 e. The molecule has 1 aromatic carbocycles. The number of phenols is 1. The quantitative estimate of drug-likeness (QED) is 0.647. The molecule has 0 aliphatic carbocycles. The van der Waals surface area contributed by atoms with Crippen molar-refractivity contribution < 1.29 is 52.6 Å². The summed E-state index contributed by atoms with van der Waals surface area (Å²) in [5.74, 6) is -1.21. The Morgan fingerprint density at radius 1 is 0.882 bits per heavy atom. The summed E-state index contributed by atoms with van der Waals surface area (Å²) in [7, 11) is 0. The molecule has 87 valence electrons. The molecule has 0 bridgehead atoms. The van der Waals surface area contributed by atoms with E-state index < -0.39 is 37.6 Å². The van der Waals surface area contributed by atoms with Gasteiger partial charge in [-0.15, -0.1) is 0 Å². The van der Waals surface area contributed by atoms with Gasteiger partial charge in [0, 0.05) is 32.7 Å². The number of hydrogen-bond acceptors (Lipinski definition) is 7. The van der Waals surface area contributed by atoms with Gasteiger partial charge in [0.05, 0.1) is 26.9 Å².